The molecular weight excluding hydrogens is 174 g/mol. The van der Waals surface area contributed by atoms with E-state index in [0.717, 1.165) is 11.3 Å². The number of allylic oxidation sites excluding steroid dienone is 1. The van der Waals surface area contributed by atoms with Crippen LogP contribution in [-0.4, -0.2) is 16.5 Å². The maximum atomic E-state index is 4.31. The third-order valence-corrected chi connectivity index (χ3v) is 2.18. The molecule has 0 radical (unpaired) electrons. The van der Waals surface area contributed by atoms with Gasteiger partial charge >= 0.3 is 0 Å². The quantitative estimate of drug-likeness (QED) is 0.675. The van der Waals surface area contributed by atoms with E-state index in [2.05, 4.69) is 30.7 Å². The summed E-state index contributed by atoms with van der Waals surface area (Å²) in [7, 11) is 1.93. The minimum atomic E-state index is 0.434. The predicted molar refractivity (Wildman–Crippen MR) is 60.3 cm³/mol. The molecule has 0 fully saturated rings. The van der Waals surface area contributed by atoms with E-state index < -0.39 is 0 Å². The van der Waals surface area contributed by atoms with Crippen LogP contribution in [0.1, 0.15) is 25.1 Å². The molecule has 0 bridgehead atoms. The number of nitrogens with zero attached hydrogens (tertiary/aromatic N) is 3. The van der Waals surface area contributed by atoms with Crippen molar-refractivity contribution in [3.8, 4) is 0 Å². The van der Waals surface area contributed by atoms with Crippen LogP contribution in [0.5, 0.6) is 0 Å². The summed E-state index contributed by atoms with van der Waals surface area (Å²) in [5.74, 6) is 0.434. The lowest BCUT2D eigenvalue weighted by Crippen LogP contribution is -1.93. The zero-order valence-corrected chi connectivity index (χ0v) is 9.28. The Morgan fingerprint density at radius 2 is 2.29 bits per heavy atom. The van der Waals surface area contributed by atoms with Crippen molar-refractivity contribution in [1.29, 1.82) is 0 Å². The van der Waals surface area contributed by atoms with Crippen LogP contribution >= 0.6 is 0 Å². The molecule has 1 aromatic rings. The molecule has 0 unspecified atom stereocenters. The van der Waals surface area contributed by atoms with E-state index in [0.29, 0.717) is 5.92 Å². The molecule has 0 aromatic carbocycles. The number of hydrogen-bond donors (Lipinski definition) is 0. The van der Waals surface area contributed by atoms with Gasteiger partial charge in [0.25, 0.3) is 0 Å². The van der Waals surface area contributed by atoms with E-state index in [4.69, 9.17) is 0 Å². The van der Waals surface area contributed by atoms with Crippen molar-refractivity contribution in [2.75, 3.05) is 0 Å². The third-order valence-electron chi connectivity index (χ3n) is 2.18. The molecule has 0 atom stereocenters. The second-order valence-electron chi connectivity index (χ2n) is 3.72. The van der Waals surface area contributed by atoms with Gasteiger partial charge in [0.15, 0.2) is 0 Å². The Labute approximate surface area is 85.2 Å². The number of aryl methyl sites for hydroxylation is 2. The van der Waals surface area contributed by atoms with Crippen LogP contribution in [0.2, 0.25) is 0 Å². The van der Waals surface area contributed by atoms with Crippen LogP contribution in [0.4, 0.5) is 0 Å². The highest BCUT2D eigenvalue weighted by atomic mass is 15.2. The van der Waals surface area contributed by atoms with Crippen LogP contribution in [-0.2, 0) is 7.05 Å². The fraction of sp³-hybridized carbons (Fsp3) is 0.455. The Morgan fingerprint density at radius 3 is 2.64 bits per heavy atom. The van der Waals surface area contributed by atoms with Gasteiger partial charge in [0.05, 0.1) is 5.69 Å². The Bertz CT molecular complexity index is 359. The van der Waals surface area contributed by atoms with Gasteiger partial charge in [-0.05, 0) is 25.1 Å². The average Bonchev–Trinajstić information content (AvgIpc) is 2.40. The molecular formula is C11H17N3. The van der Waals surface area contributed by atoms with Crippen molar-refractivity contribution in [2.24, 2.45) is 18.0 Å². The first-order valence-electron chi connectivity index (χ1n) is 4.72. The smallest absolute Gasteiger partial charge is 0.0669 e. The second kappa shape index (κ2) is 4.22. The summed E-state index contributed by atoms with van der Waals surface area (Å²) in [6, 6.07) is 0. The molecule has 0 aliphatic rings. The summed E-state index contributed by atoms with van der Waals surface area (Å²) in [6.45, 7) is 9.78. The highest BCUT2D eigenvalue weighted by Crippen LogP contribution is 2.24. The molecule has 0 aliphatic carbocycles. The highest BCUT2D eigenvalue weighted by molar-refractivity contribution is 5.68. The normalized spacial score (nSPS) is 12.2. The summed E-state index contributed by atoms with van der Waals surface area (Å²) >= 11 is 0. The van der Waals surface area contributed by atoms with E-state index in [-0.39, 0.29) is 0 Å². The van der Waals surface area contributed by atoms with Crippen LogP contribution < -0.4 is 0 Å². The van der Waals surface area contributed by atoms with E-state index >= 15 is 0 Å². The van der Waals surface area contributed by atoms with Gasteiger partial charge in [-0.3, -0.25) is 9.67 Å². The lowest BCUT2D eigenvalue weighted by molar-refractivity contribution is 0.756. The number of aromatic nitrogens is 2. The lowest BCUT2D eigenvalue weighted by Gasteiger charge is -2.08. The monoisotopic (exact) mass is 191 g/mol. The Kier molecular flexibility index (Phi) is 3.23. The Hall–Kier alpha value is -1.38. The predicted octanol–water partition coefficient (Wildman–Crippen LogP) is 2.43. The minimum absolute atomic E-state index is 0.434. The standard InChI is InChI=1S/C11H17N3/c1-8(2)10(6-12-4)11-7-14(5)13-9(11)3/h6-8H,4H2,1-3,5H3/b10-6-. The summed E-state index contributed by atoms with van der Waals surface area (Å²) in [4.78, 5) is 3.83. The molecule has 1 rings (SSSR count). The SMILES string of the molecule is C=N/C=C(\c1cn(C)nc1C)C(C)C. The van der Waals surface area contributed by atoms with Gasteiger partial charge in [0.1, 0.15) is 0 Å². The van der Waals surface area contributed by atoms with Crippen LogP contribution in [0, 0.1) is 12.8 Å². The maximum Gasteiger partial charge on any atom is 0.0669 e. The molecule has 1 heterocycles. The van der Waals surface area contributed by atoms with Crippen molar-refractivity contribution in [3.05, 3.63) is 23.7 Å². The Balaban J connectivity index is 3.18. The molecule has 76 valence electrons. The van der Waals surface area contributed by atoms with E-state index in [1.54, 1.807) is 0 Å². The molecule has 0 spiro atoms. The maximum absolute atomic E-state index is 4.31. The molecule has 3 heteroatoms. The number of aliphatic imine (C=N–C) groups is 1. The summed E-state index contributed by atoms with van der Waals surface area (Å²) < 4.78 is 1.82. The van der Waals surface area contributed by atoms with Gasteiger partial charge in [-0.15, -0.1) is 0 Å². The summed E-state index contributed by atoms with van der Waals surface area (Å²) in [5.41, 5.74) is 3.39. The van der Waals surface area contributed by atoms with Crippen molar-refractivity contribution in [1.82, 2.24) is 9.78 Å². The highest BCUT2D eigenvalue weighted by Gasteiger charge is 2.11. The van der Waals surface area contributed by atoms with Gasteiger partial charge in [-0.25, -0.2) is 0 Å². The zero-order chi connectivity index (χ0) is 10.7. The molecule has 0 saturated carbocycles. The third kappa shape index (κ3) is 2.10. The molecule has 0 aliphatic heterocycles. The summed E-state index contributed by atoms with van der Waals surface area (Å²) in [5, 5.41) is 4.31. The van der Waals surface area contributed by atoms with Crippen molar-refractivity contribution in [2.45, 2.75) is 20.8 Å². The van der Waals surface area contributed by atoms with Crippen LogP contribution in [0.3, 0.4) is 0 Å². The molecule has 3 nitrogen and oxygen atoms in total. The molecule has 0 N–H and O–H groups in total. The van der Waals surface area contributed by atoms with Gasteiger partial charge < -0.3 is 0 Å². The average molecular weight is 191 g/mol. The van der Waals surface area contributed by atoms with Gasteiger partial charge in [0, 0.05) is 25.0 Å². The van der Waals surface area contributed by atoms with Crippen molar-refractivity contribution in [3.63, 3.8) is 0 Å². The van der Waals surface area contributed by atoms with Gasteiger partial charge in [0.2, 0.25) is 0 Å². The van der Waals surface area contributed by atoms with E-state index in [1.807, 2.05) is 31.1 Å². The molecule has 1 aromatic heterocycles. The molecule has 14 heavy (non-hydrogen) atoms. The first-order chi connectivity index (χ1) is 6.56. The lowest BCUT2D eigenvalue weighted by atomic mass is 9.97. The van der Waals surface area contributed by atoms with E-state index in [1.165, 1.54) is 5.57 Å². The minimum Gasteiger partial charge on any atom is -0.275 e. The van der Waals surface area contributed by atoms with Gasteiger partial charge in [-0.2, -0.15) is 5.10 Å². The van der Waals surface area contributed by atoms with E-state index in [9.17, 15) is 0 Å². The number of hydrogen-bond acceptors (Lipinski definition) is 2. The first kappa shape index (κ1) is 10.7. The van der Waals surface area contributed by atoms with Crippen molar-refractivity contribution >= 4 is 12.3 Å². The fourth-order valence-corrected chi connectivity index (χ4v) is 1.51. The molecule has 0 saturated heterocycles. The van der Waals surface area contributed by atoms with Crippen molar-refractivity contribution < 1.29 is 0 Å². The zero-order valence-electron chi connectivity index (χ0n) is 9.28. The number of rotatable bonds is 3. The van der Waals surface area contributed by atoms with Crippen LogP contribution in [0.15, 0.2) is 17.4 Å². The topological polar surface area (TPSA) is 30.2 Å². The largest absolute Gasteiger partial charge is 0.275 e. The first-order valence-corrected chi connectivity index (χ1v) is 4.72. The Morgan fingerprint density at radius 1 is 1.64 bits per heavy atom. The summed E-state index contributed by atoms with van der Waals surface area (Å²) in [6.07, 6.45) is 3.83. The second-order valence-corrected chi connectivity index (χ2v) is 3.72. The van der Waals surface area contributed by atoms with Crippen LogP contribution in [0.25, 0.3) is 5.57 Å². The van der Waals surface area contributed by atoms with Gasteiger partial charge in [-0.1, -0.05) is 13.8 Å². The molecule has 0 amide bonds. The fourth-order valence-electron chi connectivity index (χ4n) is 1.51.